The lowest BCUT2D eigenvalue weighted by atomic mass is 9.93. The molecule has 0 heteroatoms. The fraction of sp³-hybridized carbons (Fsp3) is 0.500. The molecule has 0 aliphatic carbocycles. The lowest BCUT2D eigenvalue weighted by Gasteiger charge is -2.12. The molecule has 0 aromatic rings. The van der Waals surface area contributed by atoms with Gasteiger partial charge in [0.25, 0.3) is 0 Å². The zero-order valence-corrected chi connectivity index (χ0v) is 8.72. The summed E-state index contributed by atoms with van der Waals surface area (Å²) in [5.41, 5.74) is 2.55. The van der Waals surface area contributed by atoms with Crippen molar-refractivity contribution in [1.82, 2.24) is 0 Å². The van der Waals surface area contributed by atoms with E-state index in [9.17, 15) is 0 Å². The third-order valence-corrected chi connectivity index (χ3v) is 2.10. The highest BCUT2D eigenvalue weighted by atomic mass is 14.1. The molecule has 0 heterocycles. The largest absolute Gasteiger partial charge is 0.0958 e. The van der Waals surface area contributed by atoms with Crippen LogP contribution in [0.2, 0.25) is 0 Å². The van der Waals surface area contributed by atoms with E-state index in [1.54, 1.807) is 0 Å². The second-order valence-corrected chi connectivity index (χ2v) is 3.24. The second kappa shape index (κ2) is 5.82. The van der Waals surface area contributed by atoms with Crippen molar-refractivity contribution in [3.63, 3.8) is 0 Å². The summed E-state index contributed by atoms with van der Waals surface area (Å²) < 4.78 is 0. The quantitative estimate of drug-likeness (QED) is 0.548. The van der Waals surface area contributed by atoms with Gasteiger partial charge in [0, 0.05) is 0 Å². The Bertz CT molecular complexity index is 194. The van der Waals surface area contributed by atoms with Gasteiger partial charge in [-0.1, -0.05) is 44.2 Å². The van der Waals surface area contributed by atoms with Gasteiger partial charge in [0.1, 0.15) is 0 Å². The van der Waals surface area contributed by atoms with Gasteiger partial charge in [-0.05, 0) is 31.8 Å². The van der Waals surface area contributed by atoms with Crippen molar-refractivity contribution >= 4 is 0 Å². The Hall–Kier alpha value is -0.780. The molecule has 0 aromatic heterocycles. The lowest BCUT2D eigenvalue weighted by Crippen LogP contribution is -1.97. The molecule has 0 aliphatic heterocycles. The molecule has 1 atom stereocenters. The molecule has 0 radical (unpaired) electrons. The van der Waals surface area contributed by atoms with E-state index in [0.717, 1.165) is 0 Å². The van der Waals surface area contributed by atoms with Gasteiger partial charge in [-0.15, -0.1) is 0 Å². The minimum atomic E-state index is 0.624. The van der Waals surface area contributed by atoms with Crippen molar-refractivity contribution < 1.29 is 0 Å². The number of allylic oxidation sites excluding steroid dienone is 5. The SMILES string of the molecule is C=C(C)/C(=C/C=C\C)C(C)CC. The van der Waals surface area contributed by atoms with Crippen molar-refractivity contribution in [1.29, 1.82) is 0 Å². The van der Waals surface area contributed by atoms with Gasteiger partial charge in [-0.2, -0.15) is 0 Å². The molecule has 0 aromatic carbocycles. The van der Waals surface area contributed by atoms with Crippen LogP contribution in [0.4, 0.5) is 0 Å². The van der Waals surface area contributed by atoms with Crippen molar-refractivity contribution in [3.8, 4) is 0 Å². The second-order valence-electron chi connectivity index (χ2n) is 3.24. The first-order valence-corrected chi connectivity index (χ1v) is 4.62. The van der Waals surface area contributed by atoms with Crippen LogP contribution in [0.1, 0.15) is 34.1 Å². The Labute approximate surface area is 76.7 Å². The van der Waals surface area contributed by atoms with E-state index in [1.165, 1.54) is 17.6 Å². The van der Waals surface area contributed by atoms with E-state index >= 15 is 0 Å². The summed E-state index contributed by atoms with van der Waals surface area (Å²) in [6.45, 7) is 12.5. The molecule has 0 saturated heterocycles. The number of hydrogen-bond donors (Lipinski definition) is 0. The van der Waals surface area contributed by atoms with Crippen molar-refractivity contribution in [2.75, 3.05) is 0 Å². The summed E-state index contributed by atoms with van der Waals surface area (Å²) in [6.07, 6.45) is 7.47. The minimum Gasteiger partial charge on any atom is -0.0958 e. The van der Waals surface area contributed by atoms with E-state index < -0.39 is 0 Å². The first-order chi connectivity index (χ1) is 5.63. The van der Waals surface area contributed by atoms with Crippen LogP contribution in [0.25, 0.3) is 0 Å². The summed E-state index contributed by atoms with van der Waals surface area (Å²) in [5.74, 6) is 0.624. The highest BCUT2D eigenvalue weighted by molar-refractivity contribution is 5.31. The first kappa shape index (κ1) is 11.2. The predicted molar refractivity (Wildman–Crippen MR) is 57.2 cm³/mol. The first-order valence-electron chi connectivity index (χ1n) is 4.62. The topological polar surface area (TPSA) is 0 Å². The predicted octanol–water partition coefficient (Wildman–Crippen LogP) is 4.11. The van der Waals surface area contributed by atoms with Crippen LogP contribution in [0.15, 0.2) is 36.0 Å². The average molecular weight is 164 g/mol. The fourth-order valence-electron chi connectivity index (χ4n) is 1.15. The average Bonchev–Trinajstić information content (AvgIpc) is 2.04. The van der Waals surface area contributed by atoms with Crippen LogP contribution >= 0.6 is 0 Å². The van der Waals surface area contributed by atoms with Gasteiger partial charge < -0.3 is 0 Å². The summed E-state index contributed by atoms with van der Waals surface area (Å²) in [6, 6.07) is 0. The molecule has 0 N–H and O–H groups in total. The number of rotatable bonds is 4. The Morgan fingerprint density at radius 2 is 2.08 bits per heavy atom. The monoisotopic (exact) mass is 164 g/mol. The smallest absolute Gasteiger partial charge is 0.0191 e. The third-order valence-electron chi connectivity index (χ3n) is 2.10. The van der Waals surface area contributed by atoms with Gasteiger partial charge in [0.2, 0.25) is 0 Å². The Kier molecular flexibility index (Phi) is 5.44. The lowest BCUT2D eigenvalue weighted by molar-refractivity contribution is 0.662. The molecule has 68 valence electrons. The molecular weight excluding hydrogens is 144 g/mol. The van der Waals surface area contributed by atoms with E-state index in [0.29, 0.717) is 5.92 Å². The van der Waals surface area contributed by atoms with Crippen LogP contribution in [0.5, 0.6) is 0 Å². The Morgan fingerprint density at radius 3 is 2.42 bits per heavy atom. The van der Waals surface area contributed by atoms with Crippen LogP contribution in [0.3, 0.4) is 0 Å². The van der Waals surface area contributed by atoms with Crippen LogP contribution in [0, 0.1) is 5.92 Å². The molecule has 0 amide bonds. The highest BCUT2D eigenvalue weighted by Crippen LogP contribution is 2.20. The maximum Gasteiger partial charge on any atom is -0.0191 e. The summed E-state index contributed by atoms with van der Waals surface area (Å²) in [4.78, 5) is 0. The summed E-state index contributed by atoms with van der Waals surface area (Å²) in [7, 11) is 0. The third kappa shape index (κ3) is 3.56. The highest BCUT2D eigenvalue weighted by Gasteiger charge is 2.05. The molecule has 0 rings (SSSR count). The molecule has 0 bridgehead atoms. The van der Waals surface area contributed by atoms with Crippen molar-refractivity contribution in [2.24, 2.45) is 5.92 Å². The zero-order valence-electron chi connectivity index (χ0n) is 8.72. The Balaban J connectivity index is 4.54. The van der Waals surface area contributed by atoms with Gasteiger partial charge in [0.15, 0.2) is 0 Å². The van der Waals surface area contributed by atoms with E-state index in [2.05, 4.69) is 39.5 Å². The van der Waals surface area contributed by atoms with Crippen LogP contribution in [-0.4, -0.2) is 0 Å². The van der Waals surface area contributed by atoms with Crippen LogP contribution in [-0.2, 0) is 0 Å². The molecule has 0 fully saturated rings. The fourth-order valence-corrected chi connectivity index (χ4v) is 1.15. The Morgan fingerprint density at radius 1 is 1.50 bits per heavy atom. The van der Waals surface area contributed by atoms with E-state index in [4.69, 9.17) is 0 Å². The number of hydrogen-bond acceptors (Lipinski definition) is 0. The van der Waals surface area contributed by atoms with E-state index in [-0.39, 0.29) is 0 Å². The standard InChI is InChI=1S/C12H20/c1-6-8-9-12(10(3)4)11(5)7-2/h6,8-9,11H,3,7H2,1-2,4-5H3/b8-6-,12-9-. The summed E-state index contributed by atoms with van der Waals surface area (Å²) >= 11 is 0. The molecule has 1 unspecified atom stereocenters. The maximum atomic E-state index is 3.98. The zero-order chi connectivity index (χ0) is 9.56. The molecule has 12 heavy (non-hydrogen) atoms. The van der Waals surface area contributed by atoms with Gasteiger partial charge in [0.05, 0.1) is 0 Å². The van der Waals surface area contributed by atoms with Crippen LogP contribution < -0.4 is 0 Å². The minimum absolute atomic E-state index is 0.624. The van der Waals surface area contributed by atoms with Gasteiger partial charge in [-0.25, -0.2) is 0 Å². The van der Waals surface area contributed by atoms with Crippen molar-refractivity contribution in [3.05, 3.63) is 36.0 Å². The molecular formula is C12H20. The normalized spacial score (nSPS) is 15.2. The molecule has 0 aliphatic rings. The summed E-state index contributed by atoms with van der Waals surface area (Å²) in [5, 5.41) is 0. The molecule has 0 spiro atoms. The van der Waals surface area contributed by atoms with E-state index in [1.807, 2.05) is 13.0 Å². The maximum absolute atomic E-state index is 3.98. The van der Waals surface area contributed by atoms with Gasteiger partial charge >= 0.3 is 0 Å². The van der Waals surface area contributed by atoms with Gasteiger partial charge in [-0.3, -0.25) is 0 Å². The van der Waals surface area contributed by atoms with Crippen molar-refractivity contribution in [2.45, 2.75) is 34.1 Å². The molecule has 0 nitrogen and oxygen atoms in total. The molecule has 0 saturated carbocycles.